The molecule has 1 unspecified atom stereocenters. The Kier molecular flexibility index (Phi) is 3.98. The lowest BCUT2D eigenvalue weighted by Crippen LogP contribution is -2.18. The zero-order chi connectivity index (χ0) is 14.9. The maximum atomic E-state index is 12.4. The van der Waals surface area contributed by atoms with Crippen LogP contribution in [-0.2, 0) is 0 Å². The van der Waals surface area contributed by atoms with Gasteiger partial charge in [0.25, 0.3) is 0 Å². The van der Waals surface area contributed by atoms with Gasteiger partial charge in [-0.05, 0) is 51.5 Å². The SMILES string of the molecule is CC(CC(F)(F)F)n1nnnc1-c1ccc(Br)c(N)c1. The molecule has 1 atom stereocenters. The summed E-state index contributed by atoms with van der Waals surface area (Å²) in [6, 6.07) is 4.08. The van der Waals surface area contributed by atoms with Crippen molar-refractivity contribution >= 4 is 21.6 Å². The number of hydrogen-bond donors (Lipinski definition) is 1. The first-order valence-corrected chi connectivity index (χ1v) is 6.47. The van der Waals surface area contributed by atoms with Crippen LogP contribution in [0.1, 0.15) is 19.4 Å². The Hall–Kier alpha value is -1.64. The minimum absolute atomic E-state index is 0.251. The monoisotopic (exact) mass is 349 g/mol. The Balaban J connectivity index is 2.35. The summed E-state index contributed by atoms with van der Waals surface area (Å²) in [5.74, 6) is 0.251. The summed E-state index contributed by atoms with van der Waals surface area (Å²) in [6.45, 7) is 1.41. The van der Waals surface area contributed by atoms with E-state index in [1.807, 2.05) is 0 Å². The number of aromatic nitrogens is 4. The number of tetrazole rings is 1. The number of rotatable bonds is 3. The van der Waals surface area contributed by atoms with E-state index in [4.69, 9.17) is 5.73 Å². The topological polar surface area (TPSA) is 69.6 Å². The molecule has 0 saturated carbocycles. The molecule has 2 aromatic rings. The molecule has 0 fully saturated rings. The average Bonchev–Trinajstić information content (AvgIpc) is 2.79. The van der Waals surface area contributed by atoms with Crippen molar-refractivity contribution in [2.75, 3.05) is 5.73 Å². The highest BCUT2D eigenvalue weighted by Gasteiger charge is 2.32. The molecule has 20 heavy (non-hydrogen) atoms. The van der Waals surface area contributed by atoms with Gasteiger partial charge < -0.3 is 5.73 Å². The second-order valence-corrected chi connectivity index (χ2v) is 5.21. The molecule has 108 valence electrons. The zero-order valence-electron chi connectivity index (χ0n) is 10.4. The molecular weight excluding hydrogens is 339 g/mol. The Bertz CT molecular complexity index is 610. The van der Waals surface area contributed by atoms with Gasteiger partial charge in [0.15, 0.2) is 5.82 Å². The van der Waals surface area contributed by atoms with Crippen LogP contribution in [0.15, 0.2) is 22.7 Å². The van der Waals surface area contributed by atoms with Gasteiger partial charge in [-0.15, -0.1) is 5.10 Å². The normalized spacial score (nSPS) is 13.4. The van der Waals surface area contributed by atoms with Gasteiger partial charge >= 0.3 is 6.18 Å². The van der Waals surface area contributed by atoms with Crippen LogP contribution in [0.2, 0.25) is 0 Å². The standard InChI is InChI=1S/C11H11BrF3N5/c1-6(5-11(13,14)15)20-10(17-18-19-20)7-2-3-8(12)9(16)4-7/h2-4,6H,5,16H2,1H3. The van der Waals surface area contributed by atoms with Crippen molar-refractivity contribution in [3.05, 3.63) is 22.7 Å². The van der Waals surface area contributed by atoms with E-state index in [0.717, 1.165) is 4.68 Å². The van der Waals surface area contributed by atoms with E-state index in [1.165, 1.54) is 6.92 Å². The predicted molar refractivity (Wildman–Crippen MR) is 70.7 cm³/mol. The lowest BCUT2D eigenvalue weighted by atomic mass is 10.1. The minimum atomic E-state index is -4.28. The molecule has 2 rings (SSSR count). The molecule has 0 radical (unpaired) electrons. The fraction of sp³-hybridized carbons (Fsp3) is 0.364. The molecule has 0 amide bonds. The molecular formula is C11H11BrF3N5. The van der Waals surface area contributed by atoms with E-state index in [0.29, 0.717) is 15.7 Å². The summed E-state index contributed by atoms with van der Waals surface area (Å²) in [7, 11) is 0. The summed E-state index contributed by atoms with van der Waals surface area (Å²) in [6.07, 6.45) is -5.28. The molecule has 2 N–H and O–H groups in total. The van der Waals surface area contributed by atoms with Crippen LogP contribution in [-0.4, -0.2) is 26.4 Å². The summed E-state index contributed by atoms with van der Waals surface area (Å²) in [5, 5.41) is 10.8. The van der Waals surface area contributed by atoms with Crippen molar-refractivity contribution in [2.24, 2.45) is 0 Å². The van der Waals surface area contributed by atoms with E-state index < -0.39 is 18.6 Å². The number of halogens is 4. The first-order valence-electron chi connectivity index (χ1n) is 5.68. The van der Waals surface area contributed by atoms with Crippen LogP contribution in [0.5, 0.6) is 0 Å². The van der Waals surface area contributed by atoms with Gasteiger partial charge in [0, 0.05) is 15.7 Å². The average molecular weight is 350 g/mol. The van der Waals surface area contributed by atoms with Gasteiger partial charge in [0.1, 0.15) is 0 Å². The molecule has 0 aliphatic carbocycles. The molecule has 1 aromatic heterocycles. The molecule has 1 heterocycles. The van der Waals surface area contributed by atoms with Crippen LogP contribution in [0.3, 0.4) is 0 Å². The van der Waals surface area contributed by atoms with E-state index in [9.17, 15) is 13.2 Å². The highest BCUT2D eigenvalue weighted by molar-refractivity contribution is 9.10. The van der Waals surface area contributed by atoms with Crippen molar-refractivity contribution in [2.45, 2.75) is 25.6 Å². The van der Waals surface area contributed by atoms with Crippen LogP contribution < -0.4 is 5.73 Å². The Morgan fingerprint density at radius 1 is 1.40 bits per heavy atom. The smallest absolute Gasteiger partial charge is 0.391 e. The fourth-order valence-electron chi connectivity index (χ4n) is 1.78. The van der Waals surface area contributed by atoms with Crippen molar-refractivity contribution in [3.8, 4) is 11.4 Å². The third-order valence-electron chi connectivity index (χ3n) is 2.69. The highest BCUT2D eigenvalue weighted by Crippen LogP contribution is 2.30. The van der Waals surface area contributed by atoms with Crippen molar-refractivity contribution in [1.82, 2.24) is 20.2 Å². The summed E-state index contributed by atoms with van der Waals surface area (Å²) in [4.78, 5) is 0. The summed E-state index contributed by atoms with van der Waals surface area (Å²) >= 11 is 3.25. The molecule has 0 spiro atoms. The Labute approximate surface area is 121 Å². The van der Waals surface area contributed by atoms with Crippen LogP contribution >= 0.6 is 15.9 Å². The molecule has 0 aliphatic heterocycles. The second-order valence-electron chi connectivity index (χ2n) is 4.35. The quantitative estimate of drug-likeness (QED) is 0.864. The van der Waals surface area contributed by atoms with Crippen molar-refractivity contribution in [3.63, 3.8) is 0 Å². The van der Waals surface area contributed by atoms with E-state index >= 15 is 0 Å². The molecule has 0 saturated heterocycles. The van der Waals surface area contributed by atoms with Crippen LogP contribution in [0.4, 0.5) is 18.9 Å². The summed E-state index contributed by atoms with van der Waals surface area (Å²) < 4.78 is 39.2. The van der Waals surface area contributed by atoms with Gasteiger partial charge in [0.05, 0.1) is 12.5 Å². The van der Waals surface area contributed by atoms with E-state index in [-0.39, 0.29) is 5.82 Å². The van der Waals surface area contributed by atoms with Gasteiger partial charge in [-0.25, -0.2) is 4.68 Å². The number of nitrogens with two attached hydrogens (primary N) is 1. The molecule has 1 aromatic carbocycles. The number of nitrogens with zero attached hydrogens (tertiary/aromatic N) is 4. The number of alkyl halides is 3. The lowest BCUT2D eigenvalue weighted by Gasteiger charge is -2.15. The largest absolute Gasteiger partial charge is 0.398 e. The highest BCUT2D eigenvalue weighted by atomic mass is 79.9. The third-order valence-corrected chi connectivity index (χ3v) is 3.41. The molecule has 9 heteroatoms. The maximum Gasteiger partial charge on any atom is 0.391 e. The number of hydrogen-bond acceptors (Lipinski definition) is 4. The maximum absolute atomic E-state index is 12.4. The van der Waals surface area contributed by atoms with E-state index in [2.05, 4.69) is 31.5 Å². The number of benzene rings is 1. The summed E-state index contributed by atoms with van der Waals surface area (Å²) in [5.41, 5.74) is 6.77. The van der Waals surface area contributed by atoms with Gasteiger partial charge in [-0.1, -0.05) is 0 Å². The third kappa shape index (κ3) is 3.27. The Morgan fingerprint density at radius 2 is 2.10 bits per heavy atom. The number of anilines is 1. The van der Waals surface area contributed by atoms with Gasteiger partial charge in [-0.2, -0.15) is 13.2 Å². The van der Waals surface area contributed by atoms with Crippen LogP contribution in [0.25, 0.3) is 11.4 Å². The predicted octanol–water partition coefficient (Wildman–Crippen LogP) is 3.20. The van der Waals surface area contributed by atoms with Gasteiger partial charge in [-0.3, -0.25) is 0 Å². The second kappa shape index (κ2) is 5.39. The first-order chi connectivity index (χ1) is 9.28. The molecule has 0 aliphatic rings. The molecule has 0 bridgehead atoms. The van der Waals surface area contributed by atoms with Crippen molar-refractivity contribution < 1.29 is 13.2 Å². The minimum Gasteiger partial charge on any atom is -0.398 e. The fourth-order valence-corrected chi connectivity index (χ4v) is 2.03. The van der Waals surface area contributed by atoms with Crippen LogP contribution in [0, 0.1) is 0 Å². The Morgan fingerprint density at radius 3 is 2.70 bits per heavy atom. The number of nitrogen functional groups attached to an aromatic ring is 1. The lowest BCUT2D eigenvalue weighted by molar-refractivity contribution is -0.142. The van der Waals surface area contributed by atoms with Crippen molar-refractivity contribution in [1.29, 1.82) is 0 Å². The molecule has 5 nitrogen and oxygen atoms in total. The first kappa shape index (κ1) is 14.8. The zero-order valence-corrected chi connectivity index (χ0v) is 12.0. The van der Waals surface area contributed by atoms with E-state index in [1.54, 1.807) is 18.2 Å². The van der Waals surface area contributed by atoms with Gasteiger partial charge in [0.2, 0.25) is 0 Å².